The van der Waals surface area contributed by atoms with Crippen LogP contribution in [0.15, 0.2) is 17.8 Å². The van der Waals surface area contributed by atoms with Gasteiger partial charge in [-0.15, -0.1) is 0 Å². The molecule has 0 aromatic heterocycles. The van der Waals surface area contributed by atoms with Crippen molar-refractivity contribution >= 4 is 36.3 Å². The largest absolute Gasteiger partial charge is 0.465 e. The van der Waals surface area contributed by atoms with E-state index in [4.69, 9.17) is 14.3 Å². The number of hydrogen-bond acceptors (Lipinski definition) is 8. The minimum absolute atomic E-state index is 0.0623. The third kappa shape index (κ3) is 4.94. The van der Waals surface area contributed by atoms with Crippen LogP contribution in [0.1, 0.15) is 13.3 Å². The van der Waals surface area contributed by atoms with Crippen molar-refractivity contribution in [3.8, 4) is 0 Å². The summed E-state index contributed by atoms with van der Waals surface area (Å²) >= 11 is 4.40. The Labute approximate surface area is 163 Å². The van der Waals surface area contributed by atoms with Crippen LogP contribution in [0.4, 0.5) is 4.79 Å². The van der Waals surface area contributed by atoms with Crippen molar-refractivity contribution < 1.29 is 28.7 Å². The lowest BCUT2D eigenvalue weighted by molar-refractivity contribution is -0.146. The normalized spacial score (nSPS) is 26.2. The SMILES string of the molecule is C=CCOC(=O)N1C[C@@H](S)C[C@H]1C(=O)N1C/C(=N/OC)C(C(=O)OCC)C1. The summed E-state index contributed by atoms with van der Waals surface area (Å²) in [5, 5.41) is 3.73. The summed E-state index contributed by atoms with van der Waals surface area (Å²) in [6.45, 7) is 6.08. The maximum Gasteiger partial charge on any atom is 0.410 e. The summed E-state index contributed by atoms with van der Waals surface area (Å²) in [6, 6.07) is -0.699. The summed E-state index contributed by atoms with van der Waals surface area (Å²) < 4.78 is 10.1. The number of nitrogens with zero attached hydrogens (tertiary/aromatic N) is 3. The summed E-state index contributed by atoms with van der Waals surface area (Å²) in [4.78, 5) is 45.1. The molecule has 0 radical (unpaired) electrons. The van der Waals surface area contributed by atoms with Crippen molar-refractivity contribution in [2.24, 2.45) is 11.1 Å². The van der Waals surface area contributed by atoms with Crippen molar-refractivity contribution in [2.75, 3.05) is 40.0 Å². The first kappa shape index (κ1) is 21.1. The number of carbonyl (C=O) groups excluding carboxylic acids is 3. The third-order valence-electron chi connectivity index (χ3n) is 4.37. The lowest BCUT2D eigenvalue weighted by Crippen LogP contribution is -2.47. The molecule has 3 atom stereocenters. The highest BCUT2D eigenvalue weighted by atomic mass is 32.1. The van der Waals surface area contributed by atoms with Crippen LogP contribution in [0.25, 0.3) is 0 Å². The Hall–Kier alpha value is -2.23. The fourth-order valence-corrected chi connectivity index (χ4v) is 3.58. The van der Waals surface area contributed by atoms with Crippen molar-refractivity contribution in [2.45, 2.75) is 24.6 Å². The average molecular weight is 399 g/mol. The minimum atomic E-state index is -0.699. The minimum Gasteiger partial charge on any atom is -0.465 e. The van der Waals surface area contributed by atoms with Gasteiger partial charge in [0.25, 0.3) is 0 Å². The van der Waals surface area contributed by atoms with Gasteiger partial charge in [0.05, 0.1) is 18.9 Å². The highest BCUT2D eigenvalue weighted by Gasteiger charge is 2.45. The van der Waals surface area contributed by atoms with Gasteiger partial charge in [-0.3, -0.25) is 14.5 Å². The Kier molecular flexibility index (Phi) is 7.52. The first-order valence-electron chi connectivity index (χ1n) is 8.70. The van der Waals surface area contributed by atoms with E-state index in [9.17, 15) is 14.4 Å². The van der Waals surface area contributed by atoms with E-state index in [1.807, 2.05) is 0 Å². The summed E-state index contributed by atoms with van der Waals surface area (Å²) in [6.07, 6.45) is 1.28. The first-order valence-corrected chi connectivity index (χ1v) is 9.22. The quantitative estimate of drug-likeness (QED) is 0.306. The van der Waals surface area contributed by atoms with E-state index >= 15 is 0 Å². The Morgan fingerprint density at radius 1 is 1.33 bits per heavy atom. The van der Waals surface area contributed by atoms with Crippen LogP contribution >= 0.6 is 12.6 Å². The molecular weight excluding hydrogens is 374 g/mol. The zero-order chi connectivity index (χ0) is 20.0. The molecule has 2 fully saturated rings. The zero-order valence-corrected chi connectivity index (χ0v) is 16.4. The molecule has 2 saturated heterocycles. The molecule has 0 spiro atoms. The molecule has 0 saturated carbocycles. The van der Waals surface area contributed by atoms with E-state index in [0.29, 0.717) is 18.7 Å². The molecule has 2 rings (SSSR count). The lowest BCUT2D eigenvalue weighted by atomic mass is 10.1. The molecule has 0 bridgehead atoms. The van der Waals surface area contributed by atoms with Crippen LogP contribution in [0.2, 0.25) is 0 Å². The van der Waals surface area contributed by atoms with Crippen LogP contribution in [0.5, 0.6) is 0 Å². The fraction of sp³-hybridized carbons (Fsp3) is 0.647. The molecule has 2 heterocycles. The van der Waals surface area contributed by atoms with Crippen molar-refractivity contribution in [3.63, 3.8) is 0 Å². The molecule has 150 valence electrons. The van der Waals surface area contributed by atoms with Crippen LogP contribution < -0.4 is 0 Å². The molecule has 10 heteroatoms. The zero-order valence-electron chi connectivity index (χ0n) is 15.5. The number of thiol groups is 1. The number of carbonyl (C=O) groups is 3. The highest BCUT2D eigenvalue weighted by molar-refractivity contribution is 7.81. The van der Waals surface area contributed by atoms with Crippen LogP contribution in [0, 0.1) is 5.92 Å². The Balaban J connectivity index is 2.13. The molecule has 2 aliphatic heterocycles. The van der Waals surface area contributed by atoms with Crippen LogP contribution in [-0.2, 0) is 23.9 Å². The number of rotatable bonds is 6. The maximum absolute atomic E-state index is 13.0. The number of ether oxygens (including phenoxy) is 2. The highest BCUT2D eigenvalue weighted by Crippen LogP contribution is 2.27. The second-order valence-electron chi connectivity index (χ2n) is 6.21. The molecule has 27 heavy (non-hydrogen) atoms. The van der Waals surface area contributed by atoms with E-state index in [0.717, 1.165) is 0 Å². The van der Waals surface area contributed by atoms with E-state index in [1.54, 1.807) is 6.92 Å². The van der Waals surface area contributed by atoms with Gasteiger partial charge in [0.2, 0.25) is 5.91 Å². The predicted molar refractivity (Wildman–Crippen MR) is 101 cm³/mol. The van der Waals surface area contributed by atoms with Crippen molar-refractivity contribution in [3.05, 3.63) is 12.7 Å². The third-order valence-corrected chi connectivity index (χ3v) is 4.75. The van der Waals surface area contributed by atoms with E-state index < -0.39 is 24.0 Å². The van der Waals surface area contributed by atoms with Crippen molar-refractivity contribution in [1.29, 1.82) is 0 Å². The molecule has 2 amide bonds. The molecule has 0 aliphatic carbocycles. The van der Waals surface area contributed by atoms with Gasteiger partial charge < -0.3 is 19.2 Å². The lowest BCUT2D eigenvalue weighted by Gasteiger charge is -2.26. The molecule has 0 aromatic rings. The van der Waals surface area contributed by atoms with Crippen molar-refractivity contribution in [1.82, 2.24) is 9.80 Å². The Bertz CT molecular complexity index is 626. The van der Waals surface area contributed by atoms with Gasteiger partial charge in [-0.1, -0.05) is 17.8 Å². The molecular formula is C17H25N3O6S. The second kappa shape index (κ2) is 9.63. The maximum atomic E-state index is 13.0. The number of esters is 1. The number of amides is 2. The monoisotopic (exact) mass is 399 g/mol. The van der Waals surface area contributed by atoms with Gasteiger partial charge in [0.15, 0.2) is 0 Å². The van der Waals surface area contributed by atoms with Gasteiger partial charge in [-0.25, -0.2) is 4.79 Å². The standard InChI is InChI=1S/C17H25N3O6S/c1-4-6-26-17(23)20-8-11(27)7-14(20)15(21)19-9-12(16(22)25-5-2)13(10-19)18-24-3/h4,11-12,14,27H,1,5-10H2,2-3H3/b18-13-/t11-,12?,14-/m0/s1. The topological polar surface area (TPSA) is 97.7 Å². The molecule has 0 aromatic carbocycles. The van der Waals surface area contributed by atoms with Gasteiger partial charge >= 0.3 is 12.1 Å². The number of oxime groups is 1. The summed E-state index contributed by atoms with van der Waals surface area (Å²) in [7, 11) is 1.37. The van der Waals surface area contributed by atoms with Crippen LogP contribution in [0.3, 0.4) is 0 Å². The van der Waals surface area contributed by atoms with E-state index in [-0.39, 0.29) is 37.5 Å². The van der Waals surface area contributed by atoms with Crippen LogP contribution in [-0.4, -0.2) is 84.7 Å². The Morgan fingerprint density at radius 2 is 2.07 bits per heavy atom. The van der Waals surface area contributed by atoms with Gasteiger partial charge in [0.1, 0.15) is 25.7 Å². The summed E-state index contributed by atoms with van der Waals surface area (Å²) in [5.41, 5.74) is 0.422. The first-order chi connectivity index (χ1) is 12.9. The molecule has 0 N–H and O–H groups in total. The van der Waals surface area contributed by atoms with Gasteiger partial charge in [0, 0.05) is 18.3 Å². The van der Waals surface area contributed by atoms with E-state index in [2.05, 4.69) is 24.4 Å². The predicted octanol–water partition coefficient (Wildman–Crippen LogP) is 0.706. The second-order valence-corrected chi connectivity index (χ2v) is 6.94. The Morgan fingerprint density at radius 3 is 2.70 bits per heavy atom. The smallest absolute Gasteiger partial charge is 0.410 e. The van der Waals surface area contributed by atoms with Gasteiger partial charge in [-0.2, -0.15) is 12.6 Å². The number of hydrogen-bond donors (Lipinski definition) is 1. The molecule has 2 aliphatic rings. The van der Waals surface area contributed by atoms with Gasteiger partial charge in [-0.05, 0) is 13.3 Å². The summed E-state index contributed by atoms with van der Waals surface area (Å²) in [5.74, 6) is -1.41. The molecule has 1 unspecified atom stereocenters. The molecule has 9 nitrogen and oxygen atoms in total. The fourth-order valence-electron chi connectivity index (χ4n) is 3.20. The number of likely N-dealkylation sites (tertiary alicyclic amines) is 2. The average Bonchev–Trinajstić information content (AvgIpc) is 3.23. The van der Waals surface area contributed by atoms with E-state index in [1.165, 1.54) is 23.0 Å².